The van der Waals surface area contributed by atoms with Crippen LogP contribution in [0.2, 0.25) is 0 Å². The number of carbonyl (C=O) groups excluding carboxylic acids is 1. The number of methoxy groups -OCH3 is 1. The standard InChI is InChI=1S/C21H27N3O3/c1-21(22)10-4-3-7-17(21)20(25)24-16-8-9-18(26-2)19(12-16)27-14-15-6-5-11-23-13-15/h5-6,8-9,11-13,17H,3-4,7,10,14,22H2,1-2H3,(H,24,25). The number of aromatic nitrogens is 1. The van der Waals surface area contributed by atoms with Crippen molar-refractivity contribution < 1.29 is 14.3 Å². The van der Waals surface area contributed by atoms with E-state index in [1.54, 1.807) is 31.6 Å². The predicted molar refractivity (Wildman–Crippen MR) is 105 cm³/mol. The molecule has 0 bridgehead atoms. The van der Waals surface area contributed by atoms with Crippen molar-refractivity contribution in [1.29, 1.82) is 0 Å². The Balaban J connectivity index is 1.71. The van der Waals surface area contributed by atoms with Crippen LogP contribution in [0.1, 0.15) is 38.2 Å². The molecule has 0 saturated heterocycles. The molecule has 1 amide bonds. The zero-order valence-corrected chi connectivity index (χ0v) is 15.9. The first-order valence-corrected chi connectivity index (χ1v) is 9.29. The Bertz CT molecular complexity index is 777. The number of benzene rings is 1. The second-order valence-corrected chi connectivity index (χ2v) is 7.31. The normalized spacial score (nSPS) is 22.1. The van der Waals surface area contributed by atoms with Crippen molar-refractivity contribution in [2.75, 3.05) is 12.4 Å². The van der Waals surface area contributed by atoms with Crippen LogP contribution in [0.25, 0.3) is 0 Å². The second kappa shape index (κ2) is 8.39. The summed E-state index contributed by atoms with van der Waals surface area (Å²) in [6, 6.07) is 9.18. The van der Waals surface area contributed by atoms with Crippen LogP contribution in [0.5, 0.6) is 11.5 Å². The highest BCUT2D eigenvalue weighted by molar-refractivity contribution is 5.93. The lowest BCUT2D eigenvalue weighted by Crippen LogP contribution is -2.51. The number of ether oxygens (including phenoxy) is 2. The number of anilines is 1. The molecule has 1 heterocycles. The molecule has 2 aromatic rings. The van der Waals surface area contributed by atoms with Crippen LogP contribution in [0.4, 0.5) is 5.69 Å². The molecule has 3 N–H and O–H groups in total. The van der Waals surface area contributed by atoms with E-state index in [0.29, 0.717) is 23.8 Å². The number of carbonyl (C=O) groups is 1. The van der Waals surface area contributed by atoms with E-state index in [1.807, 2.05) is 25.1 Å². The molecule has 1 aromatic heterocycles. The summed E-state index contributed by atoms with van der Waals surface area (Å²) in [6.07, 6.45) is 7.27. The monoisotopic (exact) mass is 369 g/mol. The van der Waals surface area contributed by atoms with Gasteiger partial charge in [-0.05, 0) is 38.0 Å². The van der Waals surface area contributed by atoms with Gasteiger partial charge in [-0.3, -0.25) is 9.78 Å². The van der Waals surface area contributed by atoms with Crippen molar-refractivity contribution in [1.82, 2.24) is 4.98 Å². The summed E-state index contributed by atoms with van der Waals surface area (Å²) in [4.78, 5) is 16.8. The van der Waals surface area contributed by atoms with Crippen molar-refractivity contribution in [3.8, 4) is 11.5 Å². The minimum atomic E-state index is -0.464. The maximum absolute atomic E-state index is 12.8. The molecule has 1 saturated carbocycles. The largest absolute Gasteiger partial charge is 0.493 e. The maximum atomic E-state index is 12.8. The topological polar surface area (TPSA) is 86.5 Å². The van der Waals surface area contributed by atoms with Crippen LogP contribution < -0.4 is 20.5 Å². The molecule has 0 aliphatic heterocycles. The summed E-state index contributed by atoms with van der Waals surface area (Å²) in [5.41, 5.74) is 7.51. The highest BCUT2D eigenvalue weighted by Crippen LogP contribution is 2.34. The Morgan fingerprint density at radius 3 is 2.89 bits per heavy atom. The Labute approximate surface area is 160 Å². The van der Waals surface area contributed by atoms with Crippen LogP contribution in [0.3, 0.4) is 0 Å². The first-order valence-electron chi connectivity index (χ1n) is 9.29. The molecular weight excluding hydrogens is 342 g/mol. The maximum Gasteiger partial charge on any atom is 0.229 e. The zero-order valence-electron chi connectivity index (χ0n) is 15.9. The Hall–Kier alpha value is -2.60. The van der Waals surface area contributed by atoms with Gasteiger partial charge in [-0.25, -0.2) is 0 Å². The average Bonchev–Trinajstić information content (AvgIpc) is 2.67. The van der Waals surface area contributed by atoms with Crippen LogP contribution in [-0.2, 0) is 11.4 Å². The number of nitrogens with two attached hydrogens (primary N) is 1. The van der Waals surface area contributed by atoms with Gasteiger partial charge in [-0.2, -0.15) is 0 Å². The number of nitrogens with one attached hydrogen (secondary N) is 1. The van der Waals surface area contributed by atoms with E-state index in [9.17, 15) is 4.79 Å². The Kier molecular flexibility index (Phi) is 5.96. The van der Waals surface area contributed by atoms with E-state index in [1.165, 1.54) is 0 Å². The molecule has 1 aromatic carbocycles. The van der Waals surface area contributed by atoms with Crippen molar-refractivity contribution in [2.24, 2.45) is 11.7 Å². The Morgan fingerprint density at radius 1 is 1.33 bits per heavy atom. The third-order valence-corrected chi connectivity index (χ3v) is 5.12. The fourth-order valence-corrected chi connectivity index (χ4v) is 3.53. The smallest absolute Gasteiger partial charge is 0.229 e. The van der Waals surface area contributed by atoms with Crippen LogP contribution in [0.15, 0.2) is 42.7 Å². The van der Waals surface area contributed by atoms with Gasteiger partial charge in [0.05, 0.1) is 13.0 Å². The molecule has 3 rings (SSSR count). The van der Waals surface area contributed by atoms with Crippen molar-refractivity contribution in [3.05, 3.63) is 48.3 Å². The van der Waals surface area contributed by atoms with E-state index in [4.69, 9.17) is 15.2 Å². The first kappa shape index (κ1) is 19.2. The van der Waals surface area contributed by atoms with Gasteiger partial charge in [0, 0.05) is 35.2 Å². The van der Waals surface area contributed by atoms with E-state index < -0.39 is 5.54 Å². The number of hydrogen-bond acceptors (Lipinski definition) is 5. The lowest BCUT2D eigenvalue weighted by atomic mass is 9.74. The number of amides is 1. The molecule has 6 heteroatoms. The number of rotatable bonds is 6. The summed E-state index contributed by atoms with van der Waals surface area (Å²) in [7, 11) is 1.59. The quantitative estimate of drug-likeness (QED) is 0.814. The number of nitrogens with zero attached hydrogens (tertiary/aromatic N) is 1. The molecule has 144 valence electrons. The molecule has 1 aliphatic carbocycles. The third kappa shape index (κ3) is 4.77. The Morgan fingerprint density at radius 2 is 2.19 bits per heavy atom. The van der Waals surface area contributed by atoms with Gasteiger partial charge in [0.15, 0.2) is 11.5 Å². The van der Waals surface area contributed by atoms with Crippen LogP contribution in [0, 0.1) is 5.92 Å². The van der Waals surface area contributed by atoms with Crippen LogP contribution >= 0.6 is 0 Å². The van der Waals surface area contributed by atoms with Crippen LogP contribution in [-0.4, -0.2) is 23.5 Å². The third-order valence-electron chi connectivity index (χ3n) is 5.12. The van der Waals surface area contributed by atoms with Gasteiger partial charge in [-0.15, -0.1) is 0 Å². The summed E-state index contributed by atoms with van der Waals surface area (Å²) in [5.74, 6) is 0.952. The molecule has 1 fully saturated rings. The summed E-state index contributed by atoms with van der Waals surface area (Å²) in [5, 5.41) is 2.99. The van der Waals surface area contributed by atoms with E-state index in [-0.39, 0.29) is 11.8 Å². The molecule has 0 radical (unpaired) electrons. The molecule has 1 aliphatic rings. The highest BCUT2D eigenvalue weighted by Gasteiger charge is 2.37. The van der Waals surface area contributed by atoms with Gasteiger partial charge in [-0.1, -0.05) is 18.9 Å². The highest BCUT2D eigenvalue weighted by atomic mass is 16.5. The summed E-state index contributed by atoms with van der Waals surface area (Å²) >= 11 is 0. The van der Waals surface area contributed by atoms with Crippen molar-refractivity contribution in [3.63, 3.8) is 0 Å². The molecule has 2 unspecified atom stereocenters. The SMILES string of the molecule is COc1ccc(NC(=O)C2CCCCC2(C)N)cc1OCc1cccnc1. The molecule has 0 spiro atoms. The van der Waals surface area contributed by atoms with E-state index in [0.717, 1.165) is 31.2 Å². The molecule has 6 nitrogen and oxygen atoms in total. The summed E-state index contributed by atoms with van der Waals surface area (Å²) in [6.45, 7) is 2.33. The number of pyridine rings is 1. The average molecular weight is 369 g/mol. The fourth-order valence-electron chi connectivity index (χ4n) is 3.53. The van der Waals surface area contributed by atoms with Gasteiger partial charge in [0.2, 0.25) is 5.91 Å². The van der Waals surface area contributed by atoms with Gasteiger partial charge in [0.25, 0.3) is 0 Å². The lowest BCUT2D eigenvalue weighted by Gasteiger charge is -2.37. The molecule has 2 atom stereocenters. The van der Waals surface area contributed by atoms with Gasteiger partial charge < -0.3 is 20.5 Å². The lowest BCUT2D eigenvalue weighted by molar-refractivity contribution is -0.122. The fraction of sp³-hybridized carbons (Fsp3) is 0.429. The van der Waals surface area contributed by atoms with Gasteiger partial charge in [0.1, 0.15) is 6.61 Å². The van der Waals surface area contributed by atoms with E-state index in [2.05, 4.69) is 10.3 Å². The first-order chi connectivity index (χ1) is 13.0. The van der Waals surface area contributed by atoms with Gasteiger partial charge >= 0.3 is 0 Å². The summed E-state index contributed by atoms with van der Waals surface area (Å²) < 4.78 is 11.3. The molecular formula is C21H27N3O3. The van der Waals surface area contributed by atoms with Crippen molar-refractivity contribution in [2.45, 2.75) is 44.8 Å². The predicted octanol–water partition coefficient (Wildman–Crippen LogP) is 3.52. The minimum absolute atomic E-state index is 0.0388. The second-order valence-electron chi connectivity index (χ2n) is 7.31. The molecule has 27 heavy (non-hydrogen) atoms. The van der Waals surface area contributed by atoms with Crippen molar-refractivity contribution >= 4 is 11.6 Å². The van der Waals surface area contributed by atoms with E-state index >= 15 is 0 Å². The minimum Gasteiger partial charge on any atom is -0.493 e. The zero-order chi connectivity index (χ0) is 19.3. The number of hydrogen-bond donors (Lipinski definition) is 2.